The number of halogens is 3. The molecule has 4 aliphatic heterocycles. The summed E-state index contributed by atoms with van der Waals surface area (Å²) in [4.78, 5) is 4.66. The van der Waals surface area contributed by atoms with Crippen LogP contribution < -0.4 is 19.1 Å². The highest BCUT2D eigenvalue weighted by atomic mass is 35.6. The number of ether oxygens (including phenoxy) is 3. The van der Waals surface area contributed by atoms with Crippen molar-refractivity contribution in [2.75, 3.05) is 38.4 Å². The summed E-state index contributed by atoms with van der Waals surface area (Å²) < 4.78 is 15.6. The average Bonchev–Trinajstić information content (AvgIpc) is 3.28. The lowest BCUT2D eigenvalue weighted by Crippen LogP contribution is -2.43. The highest BCUT2D eigenvalue weighted by Gasteiger charge is 2.46. The molecular formula is C26H27Cl3N2O3. The Morgan fingerprint density at radius 2 is 1.76 bits per heavy atom. The third-order valence-corrected chi connectivity index (χ3v) is 8.15. The van der Waals surface area contributed by atoms with Gasteiger partial charge in [-0.25, -0.2) is 0 Å². The Balaban J connectivity index is 1.55. The van der Waals surface area contributed by atoms with Gasteiger partial charge in [-0.1, -0.05) is 47.8 Å². The Morgan fingerprint density at radius 3 is 2.47 bits per heavy atom. The van der Waals surface area contributed by atoms with E-state index in [0.717, 1.165) is 84.2 Å². The molecule has 8 heteroatoms. The number of benzene rings is 2. The minimum absolute atomic E-state index is 0.248. The van der Waals surface area contributed by atoms with Crippen LogP contribution in [0.15, 0.2) is 24.3 Å². The minimum atomic E-state index is -1.54. The third kappa shape index (κ3) is 3.59. The zero-order valence-corrected chi connectivity index (χ0v) is 21.5. The Morgan fingerprint density at radius 1 is 1.03 bits per heavy atom. The van der Waals surface area contributed by atoms with E-state index in [0.29, 0.717) is 5.92 Å². The molecule has 2 aromatic carbocycles. The van der Waals surface area contributed by atoms with E-state index in [1.807, 2.05) is 6.07 Å². The Labute approximate surface area is 215 Å². The fourth-order valence-electron chi connectivity index (χ4n) is 5.76. The zero-order valence-electron chi connectivity index (χ0n) is 19.2. The van der Waals surface area contributed by atoms with Crippen LogP contribution in [0.25, 0.3) is 11.8 Å². The molecule has 1 saturated heterocycles. The molecule has 5 nitrogen and oxygen atoms in total. The molecule has 6 rings (SSSR count). The summed E-state index contributed by atoms with van der Waals surface area (Å²) in [6, 6.07) is 7.82. The molecule has 4 aliphatic rings. The van der Waals surface area contributed by atoms with Gasteiger partial charge in [0, 0.05) is 36.5 Å². The van der Waals surface area contributed by atoms with Gasteiger partial charge in [-0.2, -0.15) is 0 Å². The van der Waals surface area contributed by atoms with E-state index in [1.165, 1.54) is 5.56 Å². The SMILES string of the molecule is COc1ccc2c(c1N1CCC(C)CC1)C(C(Cl)(Cl)Cl)N1CCc3cc4c(cc3C1=C2)OCO4. The largest absolute Gasteiger partial charge is 0.495 e. The molecule has 180 valence electrons. The van der Waals surface area contributed by atoms with Crippen LogP contribution in [-0.2, 0) is 6.42 Å². The topological polar surface area (TPSA) is 34.2 Å². The van der Waals surface area contributed by atoms with Crippen LogP contribution in [0.3, 0.4) is 0 Å². The zero-order chi connectivity index (χ0) is 23.6. The molecule has 0 aromatic heterocycles. The number of anilines is 1. The quantitative estimate of drug-likeness (QED) is 0.425. The predicted molar refractivity (Wildman–Crippen MR) is 137 cm³/mol. The van der Waals surface area contributed by atoms with Crippen molar-refractivity contribution in [1.29, 1.82) is 0 Å². The van der Waals surface area contributed by atoms with Crippen LogP contribution in [-0.4, -0.2) is 42.2 Å². The van der Waals surface area contributed by atoms with Crippen LogP contribution in [0, 0.1) is 5.92 Å². The Kier molecular flexibility index (Phi) is 5.51. The first-order valence-corrected chi connectivity index (χ1v) is 12.9. The van der Waals surface area contributed by atoms with Gasteiger partial charge < -0.3 is 24.0 Å². The molecule has 2 aromatic rings. The van der Waals surface area contributed by atoms with Gasteiger partial charge >= 0.3 is 0 Å². The molecule has 0 bridgehead atoms. The van der Waals surface area contributed by atoms with Crippen LogP contribution in [0.5, 0.6) is 17.2 Å². The summed E-state index contributed by atoms with van der Waals surface area (Å²) in [5.74, 6) is 3.10. The summed E-state index contributed by atoms with van der Waals surface area (Å²) in [7, 11) is 1.71. The first-order valence-electron chi connectivity index (χ1n) is 11.8. The molecule has 4 heterocycles. The van der Waals surface area contributed by atoms with Crippen molar-refractivity contribution < 1.29 is 14.2 Å². The molecule has 1 unspecified atom stereocenters. The maximum absolute atomic E-state index is 6.77. The number of alkyl halides is 3. The highest BCUT2D eigenvalue weighted by molar-refractivity contribution is 6.68. The van der Waals surface area contributed by atoms with Gasteiger partial charge in [-0.3, -0.25) is 0 Å². The number of methoxy groups -OCH3 is 1. The molecule has 0 saturated carbocycles. The van der Waals surface area contributed by atoms with E-state index in [9.17, 15) is 0 Å². The van der Waals surface area contributed by atoms with Gasteiger partial charge in [0.2, 0.25) is 10.6 Å². The number of piperidine rings is 1. The van der Waals surface area contributed by atoms with Crippen molar-refractivity contribution in [1.82, 2.24) is 4.90 Å². The first kappa shape index (κ1) is 22.5. The van der Waals surface area contributed by atoms with E-state index in [4.69, 9.17) is 49.0 Å². The minimum Gasteiger partial charge on any atom is -0.495 e. The smallest absolute Gasteiger partial charge is 0.231 e. The maximum atomic E-state index is 6.77. The Hall–Kier alpha value is -1.95. The highest BCUT2D eigenvalue weighted by Crippen LogP contribution is 2.56. The lowest BCUT2D eigenvalue weighted by Gasteiger charge is -2.47. The lowest BCUT2D eigenvalue weighted by atomic mass is 9.85. The number of hydrogen-bond acceptors (Lipinski definition) is 5. The van der Waals surface area contributed by atoms with Gasteiger partial charge in [0.25, 0.3) is 0 Å². The van der Waals surface area contributed by atoms with E-state index < -0.39 is 9.83 Å². The number of nitrogens with zero attached hydrogens (tertiary/aromatic N) is 2. The van der Waals surface area contributed by atoms with Crippen LogP contribution in [0.4, 0.5) is 5.69 Å². The summed E-state index contributed by atoms with van der Waals surface area (Å²) in [5.41, 5.74) is 6.51. The first-order chi connectivity index (χ1) is 16.3. The van der Waals surface area contributed by atoms with Crippen LogP contribution >= 0.6 is 34.8 Å². The predicted octanol–water partition coefficient (Wildman–Crippen LogP) is 6.44. The third-order valence-electron chi connectivity index (χ3n) is 7.53. The fraction of sp³-hybridized carbons (Fsp3) is 0.462. The maximum Gasteiger partial charge on any atom is 0.231 e. The normalized spacial score (nSPS) is 21.6. The van der Waals surface area contributed by atoms with Crippen molar-refractivity contribution in [3.63, 3.8) is 0 Å². The number of rotatable bonds is 2. The van der Waals surface area contributed by atoms with Crippen LogP contribution in [0.1, 0.15) is 48.1 Å². The molecule has 34 heavy (non-hydrogen) atoms. The van der Waals surface area contributed by atoms with E-state index in [1.54, 1.807) is 7.11 Å². The van der Waals surface area contributed by atoms with Crippen molar-refractivity contribution >= 4 is 52.3 Å². The second kappa shape index (κ2) is 8.32. The lowest BCUT2D eigenvalue weighted by molar-refractivity contribution is 0.174. The van der Waals surface area contributed by atoms with Gasteiger partial charge in [0.05, 0.1) is 12.8 Å². The number of fused-ring (bicyclic) bond motifs is 5. The van der Waals surface area contributed by atoms with E-state index in [-0.39, 0.29) is 6.79 Å². The monoisotopic (exact) mass is 520 g/mol. The van der Waals surface area contributed by atoms with Gasteiger partial charge in [0.15, 0.2) is 11.5 Å². The molecule has 0 spiro atoms. The van der Waals surface area contributed by atoms with Crippen molar-refractivity contribution in [3.8, 4) is 17.2 Å². The van der Waals surface area contributed by atoms with Crippen molar-refractivity contribution in [2.24, 2.45) is 5.92 Å². The van der Waals surface area contributed by atoms with Gasteiger partial charge in [0.1, 0.15) is 11.8 Å². The molecular weight excluding hydrogens is 495 g/mol. The molecule has 0 aliphatic carbocycles. The number of hydrogen-bond donors (Lipinski definition) is 0. The van der Waals surface area contributed by atoms with E-state index >= 15 is 0 Å². The summed E-state index contributed by atoms with van der Waals surface area (Å²) in [6.45, 7) is 5.22. The average molecular weight is 522 g/mol. The summed E-state index contributed by atoms with van der Waals surface area (Å²) in [5, 5.41) is 0. The van der Waals surface area contributed by atoms with Gasteiger partial charge in [-0.15, -0.1) is 0 Å². The molecule has 0 radical (unpaired) electrons. The van der Waals surface area contributed by atoms with Crippen molar-refractivity contribution in [2.45, 2.75) is 36.0 Å². The molecule has 0 N–H and O–H groups in total. The summed E-state index contributed by atoms with van der Waals surface area (Å²) in [6.07, 6.45) is 5.32. The van der Waals surface area contributed by atoms with E-state index in [2.05, 4.69) is 41.0 Å². The van der Waals surface area contributed by atoms with Crippen molar-refractivity contribution in [3.05, 3.63) is 46.5 Å². The summed E-state index contributed by atoms with van der Waals surface area (Å²) >= 11 is 20.3. The molecule has 1 fully saturated rings. The second-order valence-corrected chi connectivity index (χ2v) is 11.9. The second-order valence-electron chi connectivity index (χ2n) is 9.57. The molecule has 0 amide bonds. The molecule has 1 atom stereocenters. The van der Waals surface area contributed by atoms with Gasteiger partial charge in [-0.05, 0) is 60.6 Å². The fourth-order valence-corrected chi connectivity index (χ4v) is 6.44. The Bertz CT molecular complexity index is 1170. The van der Waals surface area contributed by atoms with Crippen LogP contribution in [0.2, 0.25) is 0 Å². The standard InChI is InChI=1S/C26H27Cl3N2O3/c1-15-5-8-30(9-6-15)24-20(32-2)4-3-17-11-19-18-13-22-21(33-14-34-22)12-16(18)7-10-31(19)25(23(17)24)26(27,28)29/h3-4,11-13,15,25H,5-10,14H2,1-2H3.